The van der Waals surface area contributed by atoms with E-state index < -0.39 is 5.41 Å². The van der Waals surface area contributed by atoms with Gasteiger partial charge in [-0.15, -0.1) is 0 Å². The fourth-order valence-corrected chi connectivity index (χ4v) is 12.5. The van der Waals surface area contributed by atoms with Crippen LogP contribution in [-0.2, 0) is 25.7 Å². The Kier molecular flexibility index (Phi) is 9.34. The van der Waals surface area contributed by atoms with E-state index in [1.54, 1.807) is 5.57 Å². The number of allylic oxidation sites excluding steroid dienone is 2. The third-order valence-corrected chi connectivity index (χ3v) is 15.7. The molecular formula is C43H65NO4. The number of nitrogens with zero attached hydrogens (tertiary/aromatic N) is 1. The minimum absolute atomic E-state index is 0.0325. The van der Waals surface area contributed by atoms with Crippen molar-refractivity contribution in [2.75, 3.05) is 19.6 Å². The summed E-state index contributed by atoms with van der Waals surface area (Å²) < 4.78 is 12.5. The molecule has 0 bridgehead atoms. The number of hydrogen-bond donors (Lipinski definition) is 0. The highest BCUT2D eigenvalue weighted by atomic mass is 16.5. The van der Waals surface area contributed by atoms with Crippen LogP contribution < -0.4 is 0 Å². The van der Waals surface area contributed by atoms with E-state index in [-0.39, 0.29) is 51.0 Å². The molecule has 5 aliphatic rings. The maximum Gasteiger partial charge on any atom is 0.320 e. The third-order valence-electron chi connectivity index (χ3n) is 15.7. The van der Waals surface area contributed by atoms with Gasteiger partial charge in [0.25, 0.3) is 0 Å². The van der Waals surface area contributed by atoms with Crippen LogP contribution in [0.25, 0.3) is 0 Å². The first-order valence-electron chi connectivity index (χ1n) is 19.4. The molecule has 0 N–H and O–H groups in total. The van der Waals surface area contributed by atoms with Crippen LogP contribution in [0.5, 0.6) is 0 Å². The van der Waals surface area contributed by atoms with E-state index in [0.717, 1.165) is 70.0 Å². The van der Waals surface area contributed by atoms with Crippen molar-refractivity contribution >= 4 is 11.9 Å². The second-order valence-electron chi connectivity index (χ2n) is 18.7. The molecule has 0 radical (unpaired) electrons. The second kappa shape index (κ2) is 12.6. The quantitative estimate of drug-likeness (QED) is 0.205. The zero-order valence-corrected chi connectivity index (χ0v) is 31.8. The fraction of sp³-hybridized carbons (Fsp3) is 0.767. The van der Waals surface area contributed by atoms with Crippen molar-refractivity contribution in [1.82, 2.24) is 4.90 Å². The van der Waals surface area contributed by atoms with Crippen molar-refractivity contribution in [3.63, 3.8) is 0 Å². The molecule has 0 heterocycles. The van der Waals surface area contributed by atoms with E-state index in [1.807, 2.05) is 18.2 Å². The zero-order valence-electron chi connectivity index (χ0n) is 31.8. The standard InChI is InChI=1S/C43H65NO4/c1-10-44(11-2)28-36(45)48-35-20-21-40(7)33(39(35,5)6)19-22-42(9)34(40)18-17-31-32-27-38(3,4)23-25-43(32,26-24-41(31,42)8)37(46)47-29-30-15-13-12-14-16-30/h12-17,32-35H,10-11,18-29H2,1-9H3/t32-,33-,34+,35-,40-,41+,42+,43-/m0/s1. The lowest BCUT2D eigenvalue weighted by Gasteiger charge is -2.71. The largest absolute Gasteiger partial charge is 0.461 e. The molecule has 0 spiro atoms. The average molecular weight is 660 g/mol. The van der Waals surface area contributed by atoms with Crippen LogP contribution in [0.3, 0.4) is 0 Å². The highest BCUT2D eigenvalue weighted by Gasteiger charge is 2.69. The smallest absolute Gasteiger partial charge is 0.320 e. The molecule has 0 aromatic heterocycles. The van der Waals surface area contributed by atoms with Gasteiger partial charge in [0, 0.05) is 5.41 Å². The monoisotopic (exact) mass is 659 g/mol. The predicted octanol–water partition coefficient (Wildman–Crippen LogP) is 9.79. The molecule has 4 fully saturated rings. The van der Waals surface area contributed by atoms with Crippen LogP contribution in [0.1, 0.15) is 132 Å². The Morgan fingerprint density at radius 3 is 2.21 bits per heavy atom. The molecule has 0 unspecified atom stereocenters. The maximum absolute atomic E-state index is 14.3. The SMILES string of the molecule is CCN(CC)CC(=O)O[C@H]1CC[C@]2(C)[C@H]3CC=C4[C@@H]5CC(C)(C)CC[C@]5(C(=O)OCc5ccccc5)CC[C@@]4(C)[C@]3(C)CC[C@H]2C1(C)C. The summed E-state index contributed by atoms with van der Waals surface area (Å²) >= 11 is 0. The molecule has 6 rings (SSSR count). The van der Waals surface area contributed by atoms with Crippen LogP contribution in [0.4, 0.5) is 0 Å². The van der Waals surface area contributed by atoms with Gasteiger partial charge in [0.1, 0.15) is 12.7 Å². The molecule has 0 aliphatic heterocycles. The average Bonchev–Trinajstić information content (AvgIpc) is 3.04. The third kappa shape index (κ3) is 5.61. The molecule has 8 atom stereocenters. The van der Waals surface area contributed by atoms with Gasteiger partial charge in [-0.2, -0.15) is 0 Å². The molecule has 48 heavy (non-hydrogen) atoms. The first-order valence-corrected chi connectivity index (χ1v) is 19.4. The van der Waals surface area contributed by atoms with Gasteiger partial charge in [0.2, 0.25) is 0 Å². The van der Waals surface area contributed by atoms with Crippen LogP contribution in [0.15, 0.2) is 42.0 Å². The van der Waals surface area contributed by atoms with Crippen molar-refractivity contribution in [1.29, 1.82) is 0 Å². The number of ether oxygens (including phenoxy) is 2. The summed E-state index contributed by atoms with van der Waals surface area (Å²) in [6, 6.07) is 10.2. The number of hydrogen-bond acceptors (Lipinski definition) is 5. The predicted molar refractivity (Wildman–Crippen MR) is 193 cm³/mol. The summed E-state index contributed by atoms with van der Waals surface area (Å²) in [5.74, 6) is 1.28. The van der Waals surface area contributed by atoms with Crippen LogP contribution in [-0.4, -0.2) is 42.6 Å². The Hall–Kier alpha value is -2.14. The molecule has 266 valence electrons. The molecule has 0 amide bonds. The molecule has 4 saturated carbocycles. The normalized spacial score (nSPS) is 39.6. The van der Waals surface area contributed by atoms with Gasteiger partial charge >= 0.3 is 11.9 Å². The highest BCUT2D eigenvalue weighted by molar-refractivity contribution is 5.79. The molecule has 1 aromatic carbocycles. The summed E-state index contributed by atoms with van der Waals surface area (Å²) in [5, 5.41) is 0. The van der Waals surface area contributed by atoms with E-state index in [1.165, 1.54) is 12.8 Å². The fourth-order valence-electron chi connectivity index (χ4n) is 12.5. The van der Waals surface area contributed by atoms with Gasteiger partial charge in [0.15, 0.2) is 0 Å². The van der Waals surface area contributed by atoms with Crippen LogP contribution >= 0.6 is 0 Å². The van der Waals surface area contributed by atoms with Crippen molar-refractivity contribution in [2.45, 2.75) is 139 Å². The highest BCUT2D eigenvalue weighted by Crippen LogP contribution is 2.76. The van der Waals surface area contributed by atoms with E-state index in [9.17, 15) is 9.59 Å². The summed E-state index contributed by atoms with van der Waals surface area (Å²) in [4.78, 5) is 29.5. The molecular weight excluding hydrogens is 594 g/mol. The lowest BCUT2D eigenvalue weighted by molar-refractivity contribution is -0.214. The Balaban J connectivity index is 1.28. The zero-order chi connectivity index (χ0) is 34.8. The van der Waals surface area contributed by atoms with E-state index in [0.29, 0.717) is 25.0 Å². The Morgan fingerprint density at radius 2 is 1.52 bits per heavy atom. The van der Waals surface area contributed by atoms with Gasteiger partial charge in [-0.05, 0) is 122 Å². The van der Waals surface area contributed by atoms with E-state index in [4.69, 9.17) is 9.47 Å². The number of rotatable bonds is 8. The van der Waals surface area contributed by atoms with Gasteiger partial charge in [-0.25, -0.2) is 0 Å². The number of benzene rings is 1. The lowest BCUT2D eigenvalue weighted by Crippen LogP contribution is -2.65. The van der Waals surface area contributed by atoms with E-state index >= 15 is 0 Å². The Morgan fingerprint density at radius 1 is 0.833 bits per heavy atom. The first-order chi connectivity index (χ1) is 22.6. The lowest BCUT2D eigenvalue weighted by atomic mass is 9.33. The molecule has 5 nitrogen and oxygen atoms in total. The summed E-state index contributed by atoms with van der Waals surface area (Å²) in [6.07, 6.45) is 13.1. The van der Waals surface area contributed by atoms with Gasteiger partial charge in [-0.3, -0.25) is 14.5 Å². The van der Waals surface area contributed by atoms with Gasteiger partial charge in [-0.1, -0.05) is 104 Å². The summed E-state index contributed by atoms with van der Waals surface area (Å²) in [5.41, 5.74) is 2.75. The number of fused-ring (bicyclic) bond motifs is 7. The molecule has 5 aliphatic carbocycles. The minimum atomic E-state index is -0.422. The molecule has 0 saturated heterocycles. The number of carbonyl (C=O) groups excluding carboxylic acids is 2. The Labute approximate surface area is 292 Å². The molecule has 1 aromatic rings. The minimum Gasteiger partial charge on any atom is -0.461 e. The second-order valence-corrected chi connectivity index (χ2v) is 18.7. The van der Waals surface area contributed by atoms with Crippen molar-refractivity contribution in [3.05, 3.63) is 47.5 Å². The van der Waals surface area contributed by atoms with Gasteiger partial charge in [0.05, 0.1) is 12.0 Å². The number of likely N-dealkylation sites (N-methyl/N-ethyl adjacent to an activating group) is 1. The topological polar surface area (TPSA) is 55.8 Å². The van der Waals surface area contributed by atoms with Gasteiger partial charge < -0.3 is 9.47 Å². The van der Waals surface area contributed by atoms with Crippen LogP contribution in [0, 0.1) is 50.2 Å². The first kappa shape index (κ1) is 35.7. The van der Waals surface area contributed by atoms with Crippen molar-refractivity contribution < 1.29 is 19.1 Å². The van der Waals surface area contributed by atoms with Crippen LogP contribution in [0.2, 0.25) is 0 Å². The summed E-state index contributed by atoms with van der Waals surface area (Å²) in [6.45, 7) is 24.1. The summed E-state index contributed by atoms with van der Waals surface area (Å²) in [7, 11) is 0. The molecule has 5 heteroatoms. The maximum atomic E-state index is 14.3. The van der Waals surface area contributed by atoms with E-state index in [2.05, 4.69) is 85.4 Å². The number of carbonyl (C=O) groups is 2. The van der Waals surface area contributed by atoms with Crippen molar-refractivity contribution in [2.24, 2.45) is 50.2 Å². The Bertz CT molecular complexity index is 1390. The number of esters is 2. The van der Waals surface area contributed by atoms with Crippen molar-refractivity contribution in [3.8, 4) is 0 Å².